The fraction of sp³-hybridized carbons (Fsp3) is 0.154. The second-order valence-corrected chi connectivity index (χ2v) is 8.40. The molecule has 0 spiro atoms. The van der Waals surface area contributed by atoms with Gasteiger partial charge in [0.15, 0.2) is 11.3 Å². The number of oxime groups is 1. The molecule has 33 heavy (non-hydrogen) atoms. The van der Waals surface area contributed by atoms with E-state index in [-0.39, 0.29) is 17.3 Å². The maximum absolute atomic E-state index is 13.3. The van der Waals surface area contributed by atoms with Crippen LogP contribution in [0.4, 0.5) is 5.69 Å². The van der Waals surface area contributed by atoms with Crippen molar-refractivity contribution in [1.82, 2.24) is 0 Å². The third-order valence-electron chi connectivity index (χ3n) is 5.64. The summed E-state index contributed by atoms with van der Waals surface area (Å²) < 4.78 is 6.37. The lowest BCUT2D eigenvalue weighted by Crippen LogP contribution is -2.18. The summed E-state index contributed by atoms with van der Waals surface area (Å²) in [4.78, 5) is 13.3. The van der Waals surface area contributed by atoms with Gasteiger partial charge in [-0.3, -0.25) is 4.79 Å². The van der Waals surface area contributed by atoms with Crippen molar-refractivity contribution in [2.45, 2.75) is 26.8 Å². The fourth-order valence-corrected chi connectivity index (χ4v) is 4.29. The topological polar surface area (TPSA) is 101 Å². The maximum atomic E-state index is 13.3. The summed E-state index contributed by atoms with van der Waals surface area (Å²) >= 11 is 6.31. The summed E-state index contributed by atoms with van der Waals surface area (Å²) in [5.41, 5.74) is 10.5. The third kappa shape index (κ3) is 4.17. The van der Waals surface area contributed by atoms with E-state index in [0.717, 1.165) is 16.7 Å². The van der Waals surface area contributed by atoms with E-state index in [2.05, 4.69) is 10.5 Å². The zero-order valence-electron chi connectivity index (χ0n) is 18.5. The molecule has 1 aromatic heterocycles. The van der Waals surface area contributed by atoms with Crippen LogP contribution in [0.3, 0.4) is 0 Å². The standard InChI is InChI=1S/C26H24ClN3O3/c1-14-12-18(16(3)29-21-11-7-10-20(27)22(21)26(28)30-32)25-19(13-14)23(31)15(2)24(33-25)17-8-5-4-6-9-17/h4-13,16,29,32H,1-3H3,(H2,28,30). The molecule has 0 amide bonds. The molecule has 1 atom stereocenters. The molecular weight excluding hydrogens is 438 g/mol. The number of aryl methyl sites for hydroxylation is 1. The molecule has 0 radical (unpaired) electrons. The first-order chi connectivity index (χ1) is 15.8. The molecule has 0 saturated heterocycles. The lowest BCUT2D eigenvalue weighted by molar-refractivity contribution is 0.318. The first kappa shape index (κ1) is 22.4. The minimum atomic E-state index is -0.286. The Kier molecular flexibility index (Phi) is 6.11. The van der Waals surface area contributed by atoms with Gasteiger partial charge in [0, 0.05) is 22.4 Å². The molecule has 3 aromatic carbocycles. The van der Waals surface area contributed by atoms with Gasteiger partial charge >= 0.3 is 0 Å². The van der Waals surface area contributed by atoms with Crippen molar-refractivity contribution in [2.24, 2.45) is 10.9 Å². The Labute approximate surface area is 196 Å². The van der Waals surface area contributed by atoms with E-state index in [4.69, 9.17) is 21.8 Å². The highest BCUT2D eigenvalue weighted by Crippen LogP contribution is 2.33. The molecule has 0 saturated carbocycles. The highest BCUT2D eigenvalue weighted by atomic mass is 35.5. The molecule has 0 aliphatic carbocycles. The van der Waals surface area contributed by atoms with Crippen LogP contribution in [-0.2, 0) is 0 Å². The Morgan fingerprint density at radius 1 is 1.12 bits per heavy atom. The Balaban J connectivity index is 1.89. The smallest absolute Gasteiger partial charge is 0.196 e. The number of hydrogen-bond donors (Lipinski definition) is 3. The van der Waals surface area contributed by atoms with E-state index in [0.29, 0.717) is 38.6 Å². The van der Waals surface area contributed by atoms with E-state index in [9.17, 15) is 10.0 Å². The average molecular weight is 462 g/mol. The number of anilines is 1. The van der Waals surface area contributed by atoms with E-state index in [1.807, 2.05) is 56.3 Å². The molecule has 0 aliphatic rings. The van der Waals surface area contributed by atoms with Gasteiger partial charge in [-0.1, -0.05) is 59.2 Å². The number of benzene rings is 3. The molecule has 4 aromatic rings. The second-order valence-electron chi connectivity index (χ2n) is 8.00. The van der Waals surface area contributed by atoms with Crippen molar-refractivity contribution < 1.29 is 9.62 Å². The Morgan fingerprint density at radius 3 is 2.55 bits per heavy atom. The van der Waals surface area contributed by atoms with Gasteiger partial charge in [-0.15, -0.1) is 0 Å². The predicted molar refractivity (Wildman–Crippen MR) is 133 cm³/mol. The van der Waals surface area contributed by atoms with Crippen LogP contribution in [0.5, 0.6) is 0 Å². The van der Waals surface area contributed by atoms with E-state index in [1.165, 1.54) is 0 Å². The Bertz CT molecular complexity index is 1430. The normalized spacial score (nSPS) is 12.7. The maximum Gasteiger partial charge on any atom is 0.196 e. The lowest BCUT2D eigenvalue weighted by atomic mass is 9.98. The fourth-order valence-electron chi connectivity index (χ4n) is 4.02. The zero-order valence-corrected chi connectivity index (χ0v) is 19.3. The van der Waals surface area contributed by atoms with E-state index >= 15 is 0 Å². The highest BCUT2D eigenvalue weighted by molar-refractivity contribution is 6.34. The van der Waals surface area contributed by atoms with Crippen molar-refractivity contribution in [2.75, 3.05) is 5.32 Å². The summed E-state index contributed by atoms with van der Waals surface area (Å²) in [5.74, 6) is 0.448. The highest BCUT2D eigenvalue weighted by Gasteiger charge is 2.20. The number of rotatable bonds is 5. The molecule has 0 aliphatic heterocycles. The quantitative estimate of drug-likeness (QED) is 0.146. The van der Waals surface area contributed by atoms with Gasteiger partial charge in [0.1, 0.15) is 11.3 Å². The van der Waals surface area contributed by atoms with Gasteiger partial charge in [0.2, 0.25) is 0 Å². The molecule has 1 heterocycles. The van der Waals surface area contributed by atoms with Crippen LogP contribution in [-0.4, -0.2) is 11.0 Å². The zero-order chi connectivity index (χ0) is 23.7. The summed E-state index contributed by atoms with van der Waals surface area (Å²) in [7, 11) is 0. The number of hydrogen-bond acceptors (Lipinski definition) is 5. The first-order valence-corrected chi connectivity index (χ1v) is 10.9. The van der Waals surface area contributed by atoms with Gasteiger partial charge in [-0.05, 0) is 44.5 Å². The number of nitrogens with zero attached hydrogens (tertiary/aromatic N) is 1. The molecule has 7 heteroatoms. The first-order valence-electron chi connectivity index (χ1n) is 10.5. The summed E-state index contributed by atoms with van der Waals surface area (Å²) in [6.07, 6.45) is 0. The lowest BCUT2D eigenvalue weighted by Gasteiger charge is -2.21. The Hall–Kier alpha value is -3.77. The van der Waals surface area contributed by atoms with Crippen LogP contribution in [0.2, 0.25) is 5.02 Å². The van der Waals surface area contributed by atoms with Crippen LogP contribution in [0.25, 0.3) is 22.3 Å². The third-order valence-corrected chi connectivity index (χ3v) is 5.96. The molecule has 168 valence electrons. The van der Waals surface area contributed by atoms with Crippen LogP contribution < -0.4 is 16.5 Å². The van der Waals surface area contributed by atoms with E-state index < -0.39 is 0 Å². The van der Waals surface area contributed by atoms with Gasteiger partial charge in [0.25, 0.3) is 0 Å². The summed E-state index contributed by atoms with van der Waals surface area (Å²) in [6.45, 7) is 5.68. The molecule has 4 N–H and O–H groups in total. The summed E-state index contributed by atoms with van der Waals surface area (Å²) in [6, 6.07) is 18.4. The van der Waals surface area contributed by atoms with Crippen molar-refractivity contribution >= 4 is 34.1 Å². The van der Waals surface area contributed by atoms with Crippen LogP contribution >= 0.6 is 11.6 Å². The van der Waals surface area contributed by atoms with Crippen LogP contribution in [0.15, 0.2) is 75.0 Å². The predicted octanol–water partition coefficient (Wildman–Crippen LogP) is 6.00. The van der Waals surface area contributed by atoms with Crippen LogP contribution in [0, 0.1) is 13.8 Å². The molecular formula is C26H24ClN3O3. The average Bonchev–Trinajstić information content (AvgIpc) is 2.81. The number of nitrogens with one attached hydrogen (secondary N) is 1. The second kappa shape index (κ2) is 9.00. The molecule has 1 unspecified atom stereocenters. The monoisotopic (exact) mass is 461 g/mol. The van der Waals surface area contributed by atoms with Crippen molar-refractivity contribution in [3.8, 4) is 11.3 Å². The largest absolute Gasteiger partial charge is 0.455 e. The van der Waals surface area contributed by atoms with Crippen molar-refractivity contribution in [3.63, 3.8) is 0 Å². The number of nitrogens with two attached hydrogens (primary N) is 1. The molecule has 4 rings (SSSR count). The SMILES string of the molecule is Cc1cc(C(C)Nc2cccc(Cl)c2C(N)=NO)c2oc(-c3ccccc3)c(C)c(=O)c2c1. The van der Waals surface area contributed by atoms with Gasteiger partial charge in [0.05, 0.1) is 22.0 Å². The Morgan fingerprint density at radius 2 is 1.85 bits per heavy atom. The molecule has 0 bridgehead atoms. The van der Waals surface area contributed by atoms with Gasteiger partial charge < -0.3 is 20.7 Å². The summed E-state index contributed by atoms with van der Waals surface area (Å²) in [5, 5.41) is 16.5. The van der Waals surface area contributed by atoms with Crippen molar-refractivity contribution in [1.29, 1.82) is 0 Å². The van der Waals surface area contributed by atoms with E-state index in [1.54, 1.807) is 25.1 Å². The minimum absolute atomic E-state index is 0.0626. The van der Waals surface area contributed by atoms with Gasteiger partial charge in [-0.25, -0.2) is 0 Å². The van der Waals surface area contributed by atoms with Gasteiger partial charge in [-0.2, -0.15) is 0 Å². The minimum Gasteiger partial charge on any atom is -0.455 e. The number of fused-ring (bicyclic) bond motifs is 1. The van der Waals surface area contributed by atoms with Crippen molar-refractivity contribution in [3.05, 3.63) is 98.2 Å². The molecule has 6 nitrogen and oxygen atoms in total. The molecule has 0 fully saturated rings. The number of halogens is 1. The number of amidine groups is 1. The van der Waals surface area contributed by atoms with Crippen LogP contribution in [0.1, 0.15) is 35.2 Å².